The Balaban J connectivity index is 1.22. The topological polar surface area (TPSA) is 77.5 Å². The van der Waals surface area contributed by atoms with Crippen molar-refractivity contribution in [2.75, 3.05) is 36.2 Å². The predicted octanol–water partition coefficient (Wildman–Crippen LogP) is 11.5. The van der Waals surface area contributed by atoms with Gasteiger partial charge in [-0.25, -0.2) is 9.59 Å². The molecule has 0 heterocycles. The highest BCUT2D eigenvalue weighted by Crippen LogP contribution is 2.42. The zero-order valence-electron chi connectivity index (χ0n) is 33.7. The highest BCUT2D eigenvalue weighted by atomic mass is 16.6. The highest BCUT2D eigenvalue weighted by Gasteiger charge is 2.23. The summed E-state index contributed by atoms with van der Waals surface area (Å²) < 4.78 is 21.7. The molecule has 1 aliphatic carbocycles. The van der Waals surface area contributed by atoms with Crippen LogP contribution in [0, 0.1) is 20.8 Å². The lowest BCUT2D eigenvalue weighted by Crippen LogP contribution is -2.20. The van der Waals surface area contributed by atoms with E-state index in [-0.39, 0.29) is 32.3 Å². The number of anilines is 5. The van der Waals surface area contributed by atoms with Crippen LogP contribution in [0.5, 0.6) is 11.5 Å². The highest BCUT2D eigenvalue weighted by molar-refractivity contribution is 5.82. The molecule has 8 nitrogen and oxygen atoms in total. The zero-order valence-corrected chi connectivity index (χ0v) is 33.7. The lowest BCUT2D eigenvalue weighted by atomic mass is 9.87. The van der Waals surface area contributed by atoms with Crippen molar-refractivity contribution in [2.45, 2.75) is 40.0 Å². The third kappa shape index (κ3) is 10.3. The van der Waals surface area contributed by atoms with Crippen molar-refractivity contribution in [3.05, 3.63) is 186 Å². The molecule has 0 amide bonds. The van der Waals surface area contributed by atoms with Gasteiger partial charge in [-0.15, -0.1) is 0 Å². The molecule has 5 aromatic rings. The molecule has 0 fully saturated rings. The largest absolute Gasteiger partial charge is 0.490 e. The molecule has 1 unspecified atom stereocenters. The van der Waals surface area contributed by atoms with Crippen LogP contribution in [-0.2, 0) is 19.1 Å². The summed E-state index contributed by atoms with van der Waals surface area (Å²) in [5.74, 6) is 0.652. The first-order valence-electron chi connectivity index (χ1n) is 19.4. The lowest BCUT2D eigenvalue weighted by molar-refractivity contribution is -0.139. The average Bonchev–Trinajstić information content (AvgIpc) is 3.24. The van der Waals surface area contributed by atoms with Gasteiger partial charge in [-0.2, -0.15) is 0 Å². The summed E-state index contributed by atoms with van der Waals surface area (Å²) in [5, 5.41) is 0. The zero-order chi connectivity index (χ0) is 41.0. The number of hydrogen-bond donors (Lipinski definition) is 0. The molecule has 0 aliphatic heterocycles. The number of aryl methyl sites for hydroxylation is 3. The van der Waals surface area contributed by atoms with Crippen molar-refractivity contribution in [3.63, 3.8) is 0 Å². The van der Waals surface area contributed by atoms with E-state index in [1.807, 2.05) is 36.4 Å². The van der Waals surface area contributed by atoms with E-state index in [1.165, 1.54) is 22.3 Å². The maximum Gasteiger partial charge on any atom is 0.330 e. The Kier molecular flexibility index (Phi) is 13.6. The van der Waals surface area contributed by atoms with Gasteiger partial charge < -0.3 is 28.7 Å². The molecule has 58 heavy (non-hydrogen) atoms. The molecule has 296 valence electrons. The van der Waals surface area contributed by atoms with E-state index >= 15 is 0 Å². The first-order chi connectivity index (χ1) is 28.1. The second-order valence-corrected chi connectivity index (χ2v) is 14.1. The molecule has 1 atom stereocenters. The summed E-state index contributed by atoms with van der Waals surface area (Å²) in [5.41, 5.74) is 12.3. The van der Waals surface area contributed by atoms with Gasteiger partial charge >= 0.3 is 11.9 Å². The van der Waals surface area contributed by atoms with Crippen molar-refractivity contribution < 1.29 is 28.5 Å². The van der Waals surface area contributed by atoms with Gasteiger partial charge in [0.1, 0.15) is 37.9 Å². The number of allylic oxidation sites excluding steroid dienone is 3. The minimum Gasteiger partial charge on any atom is -0.490 e. The van der Waals surface area contributed by atoms with Crippen LogP contribution in [0.1, 0.15) is 41.5 Å². The minimum absolute atomic E-state index is 0.148. The standard InChI is InChI=1S/C50H50N2O6/c1-7-49(53)57-31-29-55-45-23-19-43(20-24-45)51(41-15-9-35(3)10-16-41)47-27-13-39(33-37(47)5)40-14-28-48(38(6)34-40)52(42-17-11-36(4)12-18-42)44-21-25-46(26-22-44)56-30-32-58-50(54)8-2/h7-13,15-28,33-34,40H,1-2,14,29-32H2,3-6H3. The number of ether oxygens (including phenoxy) is 4. The second-order valence-electron chi connectivity index (χ2n) is 14.1. The first kappa shape index (κ1) is 40.9. The summed E-state index contributed by atoms with van der Waals surface area (Å²) in [6, 6.07) is 39.8. The van der Waals surface area contributed by atoms with Crippen molar-refractivity contribution in [1.29, 1.82) is 0 Å². The van der Waals surface area contributed by atoms with Gasteiger partial charge in [0.2, 0.25) is 0 Å². The number of carbonyl (C=O) groups is 2. The predicted molar refractivity (Wildman–Crippen MR) is 233 cm³/mol. The summed E-state index contributed by atoms with van der Waals surface area (Å²) in [6.45, 7) is 16.2. The van der Waals surface area contributed by atoms with Crippen LogP contribution in [0.4, 0.5) is 28.4 Å². The number of carbonyl (C=O) groups excluding carboxylic acids is 2. The van der Waals surface area contributed by atoms with Gasteiger partial charge in [0, 0.05) is 52.2 Å². The Morgan fingerprint density at radius 1 is 0.603 bits per heavy atom. The number of nitrogens with zero attached hydrogens (tertiary/aromatic N) is 2. The fourth-order valence-corrected chi connectivity index (χ4v) is 6.86. The first-order valence-corrected chi connectivity index (χ1v) is 19.4. The molecule has 0 spiro atoms. The van der Waals surface area contributed by atoms with Crippen LogP contribution < -0.4 is 19.3 Å². The van der Waals surface area contributed by atoms with Crippen LogP contribution in [0.15, 0.2) is 164 Å². The smallest absolute Gasteiger partial charge is 0.330 e. The van der Waals surface area contributed by atoms with Crippen LogP contribution >= 0.6 is 0 Å². The van der Waals surface area contributed by atoms with Crippen LogP contribution in [-0.4, -0.2) is 38.4 Å². The third-order valence-electron chi connectivity index (χ3n) is 9.85. The van der Waals surface area contributed by atoms with E-state index in [4.69, 9.17) is 18.9 Å². The summed E-state index contributed by atoms with van der Waals surface area (Å²) in [6.07, 6.45) is 7.84. The lowest BCUT2D eigenvalue weighted by Gasteiger charge is -2.32. The Morgan fingerprint density at radius 3 is 1.48 bits per heavy atom. The molecule has 0 bridgehead atoms. The van der Waals surface area contributed by atoms with E-state index in [1.54, 1.807) is 0 Å². The fraction of sp³-hybridized carbons (Fsp3) is 0.200. The van der Waals surface area contributed by atoms with Crippen LogP contribution in [0.3, 0.4) is 0 Å². The maximum atomic E-state index is 11.4. The molecular formula is C50H50N2O6. The molecule has 5 aromatic carbocycles. The van der Waals surface area contributed by atoms with Crippen molar-refractivity contribution in [3.8, 4) is 11.5 Å². The quantitative estimate of drug-likeness (QED) is 0.0525. The SMILES string of the molecule is C=CC(=O)OCCOc1ccc(N(C2=CCC(c3ccc(N(c4ccc(C)cc4)c4ccc(OCCOC(=O)C=C)cc4)c(C)c3)C=C2C)c2ccc(C)cc2)cc1. The number of hydrogen-bond acceptors (Lipinski definition) is 8. The molecule has 0 saturated carbocycles. The van der Waals surface area contributed by atoms with Gasteiger partial charge in [-0.3, -0.25) is 0 Å². The van der Waals surface area contributed by atoms with Gasteiger partial charge in [-0.05, 0) is 130 Å². The molecule has 0 saturated heterocycles. The fourth-order valence-electron chi connectivity index (χ4n) is 6.86. The molecule has 0 radical (unpaired) electrons. The number of benzene rings is 5. The van der Waals surface area contributed by atoms with Crippen LogP contribution in [0.2, 0.25) is 0 Å². The van der Waals surface area contributed by atoms with E-state index in [0.717, 1.165) is 58.3 Å². The van der Waals surface area contributed by atoms with E-state index in [2.05, 4.69) is 142 Å². The molecule has 0 N–H and O–H groups in total. The van der Waals surface area contributed by atoms with Gasteiger partial charge in [0.25, 0.3) is 0 Å². The Morgan fingerprint density at radius 2 is 1.05 bits per heavy atom. The van der Waals surface area contributed by atoms with Crippen molar-refractivity contribution in [2.24, 2.45) is 0 Å². The van der Waals surface area contributed by atoms with E-state index in [0.29, 0.717) is 11.5 Å². The summed E-state index contributed by atoms with van der Waals surface area (Å²) in [4.78, 5) is 27.3. The second kappa shape index (κ2) is 19.4. The Hall–Kier alpha value is -6.80. The molecule has 0 aromatic heterocycles. The minimum atomic E-state index is -0.469. The average molecular weight is 775 g/mol. The monoisotopic (exact) mass is 774 g/mol. The summed E-state index contributed by atoms with van der Waals surface area (Å²) in [7, 11) is 0. The Labute approximate surface area is 341 Å². The van der Waals surface area contributed by atoms with Gasteiger partial charge in [0.15, 0.2) is 0 Å². The molecular weight excluding hydrogens is 725 g/mol. The van der Waals surface area contributed by atoms with Crippen molar-refractivity contribution in [1.82, 2.24) is 0 Å². The summed E-state index contributed by atoms with van der Waals surface area (Å²) >= 11 is 0. The molecule has 1 aliphatic rings. The molecule has 6 rings (SSSR count). The molecule has 8 heteroatoms. The third-order valence-corrected chi connectivity index (χ3v) is 9.85. The van der Waals surface area contributed by atoms with E-state index in [9.17, 15) is 9.59 Å². The van der Waals surface area contributed by atoms with Gasteiger partial charge in [-0.1, -0.05) is 72.8 Å². The normalized spacial score (nSPS) is 13.3. The maximum absolute atomic E-state index is 11.4. The van der Waals surface area contributed by atoms with E-state index < -0.39 is 11.9 Å². The Bertz CT molecular complexity index is 2270. The van der Waals surface area contributed by atoms with Crippen LogP contribution in [0.25, 0.3) is 0 Å². The van der Waals surface area contributed by atoms with Gasteiger partial charge in [0.05, 0.1) is 0 Å². The van der Waals surface area contributed by atoms with Crippen molar-refractivity contribution >= 4 is 40.4 Å². The number of esters is 2. The number of rotatable bonds is 17.